The third kappa shape index (κ3) is 3.77. The Labute approximate surface area is 136 Å². The van der Waals surface area contributed by atoms with Crippen LogP contribution in [0, 0.1) is 5.82 Å². The van der Waals surface area contributed by atoms with Crippen LogP contribution in [0.5, 0.6) is 0 Å². The van der Waals surface area contributed by atoms with Crippen LogP contribution in [0.2, 0.25) is 0 Å². The maximum absolute atomic E-state index is 13.9. The van der Waals surface area contributed by atoms with Crippen molar-refractivity contribution in [2.45, 2.75) is 6.54 Å². The average Bonchev–Trinajstić information content (AvgIpc) is 2.60. The number of morpholine rings is 1. The number of aromatic amines is 1. The van der Waals surface area contributed by atoms with Crippen molar-refractivity contribution in [2.75, 3.05) is 43.1 Å². The summed E-state index contributed by atoms with van der Waals surface area (Å²) in [6.07, 6.45) is 1.11. The van der Waals surface area contributed by atoms with Gasteiger partial charge in [-0.1, -0.05) is 0 Å². The van der Waals surface area contributed by atoms with Gasteiger partial charge in [0.1, 0.15) is 0 Å². The van der Waals surface area contributed by atoms with E-state index in [0.717, 1.165) is 6.20 Å². The van der Waals surface area contributed by atoms with Gasteiger partial charge in [0.2, 0.25) is 5.95 Å². The van der Waals surface area contributed by atoms with Gasteiger partial charge in [0.05, 0.1) is 26.0 Å². The van der Waals surface area contributed by atoms with Crippen LogP contribution in [0.3, 0.4) is 0 Å². The lowest BCUT2D eigenvalue weighted by molar-refractivity contribution is 0.122. The van der Waals surface area contributed by atoms with E-state index in [2.05, 4.69) is 20.4 Å². The lowest BCUT2D eigenvalue weighted by atomic mass is 10.4. The quantitative estimate of drug-likeness (QED) is 0.752. The second-order valence-corrected chi connectivity index (χ2v) is 5.19. The molecular weight excluding hydrogens is 319 g/mol. The molecule has 2 aromatic rings. The molecule has 2 N–H and O–H groups in total. The van der Waals surface area contributed by atoms with Gasteiger partial charge in [0.25, 0.3) is 11.1 Å². The van der Waals surface area contributed by atoms with E-state index in [1.165, 1.54) is 16.8 Å². The van der Waals surface area contributed by atoms with Crippen LogP contribution in [-0.2, 0) is 11.3 Å². The first-order valence-electron chi connectivity index (χ1n) is 7.53. The van der Waals surface area contributed by atoms with Gasteiger partial charge in [-0.25, -0.2) is 14.1 Å². The fraction of sp³-hybridized carbons (Fsp3) is 0.429. The highest BCUT2D eigenvalue weighted by atomic mass is 19.1. The second kappa shape index (κ2) is 7.21. The van der Waals surface area contributed by atoms with Crippen molar-refractivity contribution in [1.29, 1.82) is 0 Å². The third-order valence-electron chi connectivity index (χ3n) is 3.54. The topological polar surface area (TPSA) is 105 Å². The highest BCUT2D eigenvalue weighted by Gasteiger charge is 2.17. The van der Waals surface area contributed by atoms with E-state index in [9.17, 15) is 14.0 Å². The van der Waals surface area contributed by atoms with Crippen LogP contribution in [0.15, 0.2) is 27.9 Å². The number of halogens is 1. The first kappa shape index (κ1) is 16.1. The van der Waals surface area contributed by atoms with Gasteiger partial charge in [-0.2, -0.15) is 4.98 Å². The van der Waals surface area contributed by atoms with E-state index in [0.29, 0.717) is 32.8 Å². The van der Waals surface area contributed by atoms with Crippen LogP contribution >= 0.6 is 0 Å². The highest BCUT2D eigenvalue weighted by molar-refractivity contribution is 5.44. The van der Waals surface area contributed by atoms with Gasteiger partial charge in [0, 0.05) is 31.8 Å². The van der Waals surface area contributed by atoms with Gasteiger partial charge in [-0.05, 0) is 0 Å². The molecule has 0 radical (unpaired) electrons. The zero-order valence-electron chi connectivity index (χ0n) is 12.9. The molecule has 1 aliphatic rings. The van der Waals surface area contributed by atoms with Gasteiger partial charge in [0.15, 0.2) is 11.6 Å². The fourth-order valence-electron chi connectivity index (χ4n) is 2.35. The fourth-order valence-corrected chi connectivity index (χ4v) is 2.35. The number of H-pyrrole nitrogens is 1. The van der Waals surface area contributed by atoms with Crippen LogP contribution in [0.25, 0.3) is 0 Å². The number of aromatic nitrogens is 4. The first-order chi connectivity index (χ1) is 11.6. The molecule has 0 aliphatic carbocycles. The predicted octanol–water partition coefficient (Wildman–Crippen LogP) is -0.586. The van der Waals surface area contributed by atoms with E-state index in [1.54, 1.807) is 4.90 Å². The molecule has 2 aromatic heterocycles. The summed E-state index contributed by atoms with van der Waals surface area (Å²) >= 11 is 0. The highest BCUT2D eigenvalue weighted by Crippen LogP contribution is 2.18. The van der Waals surface area contributed by atoms with Crippen LogP contribution < -0.4 is 21.3 Å². The Bertz CT molecular complexity index is 815. The van der Waals surface area contributed by atoms with E-state index < -0.39 is 5.82 Å². The predicted molar refractivity (Wildman–Crippen MR) is 84.8 cm³/mol. The smallest absolute Gasteiger partial charge is 0.265 e. The molecule has 3 rings (SSSR count). The Morgan fingerprint density at radius 3 is 2.88 bits per heavy atom. The van der Waals surface area contributed by atoms with E-state index in [1.807, 2.05) is 0 Å². The van der Waals surface area contributed by atoms with Crippen LogP contribution in [-0.4, -0.2) is 52.6 Å². The zero-order chi connectivity index (χ0) is 16.9. The first-order valence-corrected chi connectivity index (χ1v) is 7.53. The minimum absolute atomic E-state index is 0.223. The monoisotopic (exact) mass is 336 g/mol. The Morgan fingerprint density at radius 2 is 2.08 bits per heavy atom. The minimum Gasteiger partial charge on any atom is -0.378 e. The molecule has 0 aromatic carbocycles. The molecule has 0 amide bonds. The minimum atomic E-state index is -0.494. The lowest BCUT2D eigenvalue weighted by Gasteiger charge is -2.28. The Balaban J connectivity index is 1.66. The Hall–Kier alpha value is -2.75. The molecule has 0 atom stereocenters. The lowest BCUT2D eigenvalue weighted by Crippen LogP contribution is -2.37. The maximum atomic E-state index is 13.9. The van der Waals surface area contributed by atoms with Gasteiger partial charge < -0.3 is 15.0 Å². The molecule has 1 fully saturated rings. The Morgan fingerprint density at radius 1 is 1.29 bits per heavy atom. The molecule has 0 bridgehead atoms. The summed E-state index contributed by atoms with van der Waals surface area (Å²) in [4.78, 5) is 32.7. The largest absolute Gasteiger partial charge is 0.378 e. The van der Waals surface area contributed by atoms with E-state index >= 15 is 0 Å². The molecule has 0 unspecified atom stereocenters. The third-order valence-corrected chi connectivity index (χ3v) is 3.54. The molecule has 3 heterocycles. The van der Waals surface area contributed by atoms with Crippen molar-refractivity contribution in [1.82, 2.24) is 19.7 Å². The summed E-state index contributed by atoms with van der Waals surface area (Å²) < 4.78 is 20.3. The number of rotatable bonds is 5. The normalized spacial score (nSPS) is 14.6. The van der Waals surface area contributed by atoms with Crippen molar-refractivity contribution in [3.63, 3.8) is 0 Å². The van der Waals surface area contributed by atoms with E-state index in [-0.39, 0.29) is 29.4 Å². The number of nitrogens with one attached hydrogen (secondary N) is 2. The molecule has 1 aliphatic heterocycles. The van der Waals surface area contributed by atoms with E-state index in [4.69, 9.17) is 4.74 Å². The Kier molecular flexibility index (Phi) is 4.85. The summed E-state index contributed by atoms with van der Waals surface area (Å²) in [5, 5.41) is 5.34. The molecule has 10 heteroatoms. The standard InChI is InChI=1S/C14H17FN6O3/c15-10-9-17-14(18-13(10)20-5-7-24-8-6-20)16-3-4-21-12(23)2-1-11(22)19-21/h1-2,9H,3-8H2,(H,19,22)(H,16,17,18). The number of hydrogen-bond acceptors (Lipinski definition) is 7. The molecular formula is C14H17FN6O3. The molecule has 9 nitrogen and oxygen atoms in total. The van der Waals surface area contributed by atoms with Crippen molar-refractivity contribution < 1.29 is 9.13 Å². The summed E-state index contributed by atoms with van der Waals surface area (Å²) in [6.45, 7) is 2.70. The summed E-state index contributed by atoms with van der Waals surface area (Å²) in [7, 11) is 0. The van der Waals surface area contributed by atoms with Crippen molar-refractivity contribution in [3.8, 4) is 0 Å². The molecule has 128 valence electrons. The maximum Gasteiger partial charge on any atom is 0.265 e. The molecule has 0 spiro atoms. The van der Waals surface area contributed by atoms with Crippen LogP contribution in [0.1, 0.15) is 0 Å². The second-order valence-electron chi connectivity index (χ2n) is 5.19. The van der Waals surface area contributed by atoms with Gasteiger partial charge in [-0.3, -0.25) is 14.7 Å². The van der Waals surface area contributed by atoms with Crippen molar-refractivity contribution in [2.24, 2.45) is 0 Å². The summed E-state index contributed by atoms with van der Waals surface area (Å²) in [5.74, 6) is -0.0173. The van der Waals surface area contributed by atoms with Gasteiger partial charge >= 0.3 is 0 Å². The molecule has 0 saturated carbocycles. The summed E-state index contributed by atoms with van der Waals surface area (Å²) in [5.41, 5.74) is -0.673. The number of hydrogen-bond donors (Lipinski definition) is 2. The SMILES string of the molecule is O=c1ccc(=O)n(CCNc2ncc(F)c(N3CCOCC3)n2)[nH]1. The number of nitrogens with zero attached hydrogens (tertiary/aromatic N) is 4. The molecule has 24 heavy (non-hydrogen) atoms. The number of anilines is 2. The zero-order valence-corrected chi connectivity index (χ0v) is 12.9. The summed E-state index contributed by atoms with van der Waals surface area (Å²) in [6, 6.07) is 2.37. The van der Waals surface area contributed by atoms with Crippen LogP contribution in [0.4, 0.5) is 16.2 Å². The van der Waals surface area contributed by atoms with Crippen molar-refractivity contribution in [3.05, 3.63) is 44.9 Å². The van der Waals surface area contributed by atoms with Crippen molar-refractivity contribution >= 4 is 11.8 Å². The van der Waals surface area contributed by atoms with Gasteiger partial charge in [-0.15, -0.1) is 0 Å². The number of ether oxygens (including phenoxy) is 1. The average molecular weight is 336 g/mol. The molecule has 1 saturated heterocycles.